The van der Waals surface area contributed by atoms with Gasteiger partial charge in [0.25, 0.3) is 0 Å². The molecular formula is C14H14O3. The predicted molar refractivity (Wildman–Crippen MR) is 64.9 cm³/mol. The molecule has 2 aromatic carbocycles. The van der Waals surface area contributed by atoms with Crippen LogP contribution in [0.15, 0.2) is 42.5 Å². The summed E-state index contributed by atoms with van der Waals surface area (Å²) in [4.78, 5) is 0. The van der Waals surface area contributed by atoms with Crippen LogP contribution < -0.4 is 0 Å². The molecule has 0 unspecified atom stereocenters. The van der Waals surface area contributed by atoms with Crippen molar-refractivity contribution in [3.05, 3.63) is 59.2 Å². The second kappa shape index (κ2) is 4.89. The number of benzene rings is 2. The maximum atomic E-state index is 9.90. The third-order valence-corrected chi connectivity index (χ3v) is 2.75. The van der Waals surface area contributed by atoms with Gasteiger partial charge in [0.05, 0.1) is 6.61 Å². The lowest BCUT2D eigenvalue weighted by Crippen LogP contribution is -1.93. The van der Waals surface area contributed by atoms with Gasteiger partial charge in [-0.3, -0.25) is 0 Å². The first-order chi connectivity index (χ1) is 8.22. The van der Waals surface area contributed by atoms with Gasteiger partial charge in [0.15, 0.2) is 0 Å². The van der Waals surface area contributed by atoms with Crippen LogP contribution in [0.3, 0.4) is 0 Å². The molecule has 0 radical (unpaired) electrons. The van der Waals surface area contributed by atoms with Crippen LogP contribution in [-0.4, -0.2) is 15.3 Å². The number of para-hydroxylation sites is 2. The number of phenols is 2. The van der Waals surface area contributed by atoms with Crippen molar-refractivity contribution in [1.82, 2.24) is 0 Å². The van der Waals surface area contributed by atoms with Crippen molar-refractivity contribution in [3.63, 3.8) is 0 Å². The van der Waals surface area contributed by atoms with Gasteiger partial charge in [-0.1, -0.05) is 36.4 Å². The highest BCUT2D eigenvalue weighted by Crippen LogP contribution is 2.27. The van der Waals surface area contributed by atoms with E-state index < -0.39 is 0 Å². The Hall–Kier alpha value is -2.00. The summed E-state index contributed by atoms with van der Waals surface area (Å²) < 4.78 is 0. The Bertz CT molecular complexity index is 521. The van der Waals surface area contributed by atoms with Crippen LogP contribution >= 0.6 is 0 Å². The van der Waals surface area contributed by atoms with Gasteiger partial charge < -0.3 is 15.3 Å². The van der Waals surface area contributed by atoms with Gasteiger partial charge in [0, 0.05) is 12.0 Å². The van der Waals surface area contributed by atoms with Crippen LogP contribution in [0.5, 0.6) is 11.5 Å². The van der Waals surface area contributed by atoms with Crippen LogP contribution in [-0.2, 0) is 13.0 Å². The number of hydrogen-bond donors (Lipinski definition) is 3. The third kappa shape index (κ3) is 2.40. The number of rotatable bonds is 3. The Kier molecular flexibility index (Phi) is 3.30. The Morgan fingerprint density at radius 1 is 0.765 bits per heavy atom. The molecule has 0 aromatic heterocycles. The van der Waals surface area contributed by atoms with Gasteiger partial charge in [-0.15, -0.1) is 0 Å². The molecule has 0 amide bonds. The first kappa shape index (κ1) is 11.5. The van der Waals surface area contributed by atoms with Crippen molar-refractivity contribution in [2.75, 3.05) is 0 Å². The van der Waals surface area contributed by atoms with Gasteiger partial charge in [-0.2, -0.15) is 0 Å². The molecule has 3 nitrogen and oxygen atoms in total. The summed E-state index contributed by atoms with van der Waals surface area (Å²) in [5.74, 6) is 0.305. The minimum Gasteiger partial charge on any atom is -0.508 e. The molecule has 0 aliphatic rings. The first-order valence-corrected chi connectivity index (χ1v) is 5.40. The number of aromatic hydroxyl groups is 2. The Morgan fingerprint density at radius 3 is 2.12 bits per heavy atom. The van der Waals surface area contributed by atoms with Crippen LogP contribution in [0, 0.1) is 0 Å². The highest BCUT2D eigenvalue weighted by Gasteiger charge is 2.08. The quantitative estimate of drug-likeness (QED) is 0.757. The van der Waals surface area contributed by atoms with Crippen LogP contribution in [0.2, 0.25) is 0 Å². The normalized spacial score (nSPS) is 10.4. The highest BCUT2D eigenvalue weighted by atomic mass is 16.3. The maximum absolute atomic E-state index is 9.90. The van der Waals surface area contributed by atoms with Crippen LogP contribution in [0.1, 0.15) is 16.7 Å². The monoisotopic (exact) mass is 230 g/mol. The van der Waals surface area contributed by atoms with E-state index in [2.05, 4.69) is 0 Å². The molecular weight excluding hydrogens is 216 g/mol. The summed E-state index contributed by atoms with van der Waals surface area (Å²) in [6.07, 6.45) is 0.437. The van der Waals surface area contributed by atoms with E-state index in [1.807, 2.05) is 6.07 Å². The van der Waals surface area contributed by atoms with Crippen molar-refractivity contribution in [2.24, 2.45) is 0 Å². The zero-order valence-electron chi connectivity index (χ0n) is 9.30. The summed E-state index contributed by atoms with van der Waals surface area (Å²) in [6, 6.07) is 12.2. The van der Waals surface area contributed by atoms with Gasteiger partial charge in [-0.05, 0) is 17.2 Å². The average Bonchev–Trinajstić information content (AvgIpc) is 2.34. The molecule has 3 N–H and O–H groups in total. The van der Waals surface area contributed by atoms with Gasteiger partial charge in [-0.25, -0.2) is 0 Å². The Morgan fingerprint density at radius 2 is 1.41 bits per heavy atom. The molecule has 17 heavy (non-hydrogen) atoms. The fourth-order valence-corrected chi connectivity index (χ4v) is 1.78. The number of aliphatic hydroxyl groups is 1. The second-order valence-electron chi connectivity index (χ2n) is 3.89. The standard InChI is InChI=1S/C14H14O3/c15-9-12-6-3-5-11(14(12)17)8-10-4-1-2-7-13(10)16/h1-7,15-17H,8-9H2. The molecule has 0 heterocycles. The average molecular weight is 230 g/mol. The topological polar surface area (TPSA) is 60.7 Å². The SMILES string of the molecule is OCc1cccc(Cc2ccccc2O)c1O. The molecule has 3 heteroatoms. The van der Waals surface area contributed by atoms with Crippen molar-refractivity contribution >= 4 is 0 Å². The molecule has 0 saturated carbocycles. The molecule has 0 spiro atoms. The van der Waals surface area contributed by atoms with Gasteiger partial charge in [0.2, 0.25) is 0 Å². The van der Waals surface area contributed by atoms with Crippen LogP contribution in [0.4, 0.5) is 0 Å². The fourth-order valence-electron chi connectivity index (χ4n) is 1.78. The summed E-state index contributed by atoms with van der Waals surface area (Å²) in [5, 5.41) is 28.6. The zero-order chi connectivity index (χ0) is 12.3. The van der Waals surface area contributed by atoms with Gasteiger partial charge in [0.1, 0.15) is 11.5 Å². The second-order valence-corrected chi connectivity index (χ2v) is 3.89. The lowest BCUT2D eigenvalue weighted by atomic mass is 10.0. The molecule has 0 atom stereocenters. The van der Waals surface area contributed by atoms with Crippen LogP contribution in [0.25, 0.3) is 0 Å². The lowest BCUT2D eigenvalue weighted by molar-refractivity contribution is 0.275. The molecule has 0 fully saturated rings. The van der Waals surface area contributed by atoms with Crippen molar-refractivity contribution in [2.45, 2.75) is 13.0 Å². The number of aliphatic hydroxyl groups excluding tert-OH is 1. The van der Waals surface area contributed by atoms with Crippen molar-refractivity contribution < 1.29 is 15.3 Å². The molecule has 2 rings (SSSR count). The predicted octanol–water partition coefficient (Wildman–Crippen LogP) is 2.18. The summed E-state index contributed by atoms with van der Waals surface area (Å²) in [7, 11) is 0. The zero-order valence-corrected chi connectivity index (χ0v) is 9.30. The Balaban J connectivity index is 2.34. The van der Waals surface area contributed by atoms with Gasteiger partial charge >= 0.3 is 0 Å². The fraction of sp³-hybridized carbons (Fsp3) is 0.143. The lowest BCUT2D eigenvalue weighted by Gasteiger charge is -2.09. The molecule has 0 bridgehead atoms. The van der Waals surface area contributed by atoms with E-state index >= 15 is 0 Å². The molecule has 0 saturated heterocycles. The van der Waals surface area contributed by atoms with E-state index in [0.717, 1.165) is 5.56 Å². The molecule has 0 aliphatic carbocycles. The highest BCUT2D eigenvalue weighted by molar-refractivity contribution is 5.45. The van der Waals surface area contributed by atoms with E-state index in [4.69, 9.17) is 5.11 Å². The number of phenolic OH excluding ortho intramolecular Hbond substituents is 1. The van der Waals surface area contributed by atoms with E-state index in [1.54, 1.807) is 36.4 Å². The largest absolute Gasteiger partial charge is 0.508 e. The minimum atomic E-state index is -0.194. The molecule has 2 aromatic rings. The van der Waals surface area contributed by atoms with Crippen molar-refractivity contribution in [3.8, 4) is 11.5 Å². The van der Waals surface area contributed by atoms with Crippen molar-refractivity contribution in [1.29, 1.82) is 0 Å². The van der Waals surface area contributed by atoms with E-state index in [0.29, 0.717) is 17.5 Å². The van der Waals surface area contributed by atoms with E-state index in [-0.39, 0.29) is 18.1 Å². The van der Waals surface area contributed by atoms with E-state index in [9.17, 15) is 10.2 Å². The summed E-state index contributed by atoms with van der Waals surface area (Å²) in [5.41, 5.74) is 1.94. The molecule has 88 valence electrons. The smallest absolute Gasteiger partial charge is 0.124 e. The third-order valence-electron chi connectivity index (χ3n) is 2.75. The van der Waals surface area contributed by atoms with E-state index in [1.165, 1.54) is 0 Å². The summed E-state index contributed by atoms with van der Waals surface area (Å²) >= 11 is 0. The Labute approximate surface area is 99.6 Å². The summed E-state index contributed by atoms with van der Waals surface area (Å²) in [6.45, 7) is -0.194. The number of hydrogen-bond acceptors (Lipinski definition) is 3. The molecule has 0 aliphatic heterocycles. The maximum Gasteiger partial charge on any atom is 0.124 e. The first-order valence-electron chi connectivity index (χ1n) is 5.40. The minimum absolute atomic E-state index is 0.0956.